The van der Waals surface area contributed by atoms with Gasteiger partial charge in [0.1, 0.15) is 5.78 Å². The lowest BCUT2D eigenvalue weighted by Crippen LogP contribution is -2.04. The fourth-order valence-corrected chi connectivity index (χ4v) is 2.23. The molecule has 0 saturated carbocycles. The Labute approximate surface area is 110 Å². The molecule has 0 bridgehead atoms. The van der Waals surface area contributed by atoms with E-state index in [1.54, 1.807) is 19.1 Å². The highest BCUT2D eigenvalue weighted by Crippen LogP contribution is 2.25. The van der Waals surface area contributed by atoms with Crippen molar-refractivity contribution in [3.8, 4) is 5.69 Å². The smallest absolute Gasteiger partial charge is 0.135 e. The Bertz CT molecular complexity index is 560. The van der Waals surface area contributed by atoms with Crippen LogP contribution in [-0.2, 0) is 11.2 Å². The summed E-state index contributed by atoms with van der Waals surface area (Å²) in [5, 5.41) is 1.16. The summed E-state index contributed by atoms with van der Waals surface area (Å²) in [5.41, 5.74) is 1.75. The normalized spacial score (nSPS) is 10.5. The van der Waals surface area contributed by atoms with Gasteiger partial charge in [0.15, 0.2) is 0 Å². The van der Waals surface area contributed by atoms with Crippen LogP contribution in [0.2, 0.25) is 10.0 Å². The molecule has 0 saturated heterocycles. The molecule has 1 aromatic heterocycles. The number of nitrogens with zero attached hydrogens (tertiary/aromatic N) is 1. The van der Waals surface area contributed by atoms with Crippen LogP contribution in [0, 0.1) is 0 Å². The first-order valence-corrected chi connectivity index (χ1v) is 5.94. The molecule has 0 aliphatic heterocycles. The molecule has 0 unspecified atom stereocenters. The van der Waals surface area contributed by atoms with Crippen molar-refractivity contribution >= 4 is 29.0 Å². The SMILES string of the molecule is CC(=O)Cc1cccn1-c1ccc(Cl)cc1Cl. The summed E-state index contributed by atoms with van der Waals surface area (Å²) in [5.74, 6) is 0.120. The van der Waals surface area contributed by atoms with Gasteiger partial charge in [0, 0.05) is 23.3 Å². The fraction of sp³-hybridized carbons (Fsp3) is 0.154. The maximum Gasteiger partial charge on any atom is 0.135 e. The minimum absolute atomic E-state index is 0.120. The molecule has 2 nitrogen and oxygen atoms in total. The zero-order valence-corrected chi connectivity index (χ0v) is 10.8. The van der Waals surface area contributed by atoms with E-state index in [4.69, 9.17) is 23.2 Å². The second-order valence-electron chi connectivity index (χ2n) is 3.84. The molecular weight excluding hydrogens is 257 g/mol. The van der Waals surface area contributed by atoms with E-state index in [1.165, 1.54) is 0 Å². The predicted molar refractivity (Wildman–Crippen MR) is 70.2 cm³/mol. The van der Waals surface area contributed by atoms with Gasteiger partial charge in [-0.15, -0.1) is 0 Å². The van der Waals surface area contributed by atoms with Gasteiger partial charge in [-0.3, -0.25) is 4.79 Å². The Balaban J connectivity index is 2.46. The molecule has 0 amide bonds. The minimum atomic E-state index is 0.120. The number of ketones is 1. The Morgan fingerprint density at radius 3 is 2.71 bits per heavy atom. The Morgan fingerprint density at radius 1 is 1.29 bits per heavy atom. The van der Waals surface area contributed by atoms with Crippen LogP contribution in [0.25, 0.3) is 5.69 Å². The molecule has 0 N–H and O–H groups in total. The number of benzene rings is 1. The summed E-state index contributed by atoms with van der Waals surface area (Å²) < 4.78 is 1.90. The average Bonchev–Trinajstić information content (AvgIpc) is 2.65. The first-order valence-electron chi connectivity index (χ1n) is 5.19. The Hall–Kier alpha value is -1.25. The van der Waals surface area contributed by atoms with Crippen molar-refractivity contribution in [2.75, 3.05) is 0 Å². The molecular formula is C13H11Cl2NO. The Morgan fingerprint density at radius 2 is 2.06 bits per heavy atom. The number of carbonyl (C=O) groups is 1. The van der Waals surface area contributed by atoms with Crippen LogP contribution in [0.5, 0.6) is 0 Å². The van der Waals surface area contributed by atoms with E-state index in [0.29, 0.717) is 16.5 Å². The molecule has 2 aromatic rings. The molecule has 88 valence electrons. The third-order valence-electron chi connectivity index (χ3n) is 2.43. The molecule has 0 spiro atoms. The highest BCUT2D eigenvalue weighted by molar-refractivity contribution is 6.35. The number of carbonyl (C=O) groups excluding carboxylic acids is 1. The van der Waals surface area contributed by atoms with Crippen molar-refractivity contribution in [2.45, 2.75) is 13.3 Å². The van der Waals surface area contributed by atoms with Gasteiger partial charge < -0.3 is 4.57 Å². The molecule has 0 radical (unpaired) electrons. The zero-order valence-electron chi connectivity index (χ0n) is 9.28. The van der Waals surface area contributed by atoms with Crippen molar-refractivity contribution in [2.24, 2.45) is 0 Å². The molecule has 0 aliphatic carbocycles. The second-order valence-corrected chi connectivity index (χ2v) is 4.69. The lowest BCUT2D eigenvalue weighted by Gasteiger charge is -2.10. The summed E-state index contributed by atoms with van der Waals surface area (Å²) in [7, 11) is 0. The maximum atomic E-state index is 11.2. The van der Waals surface area contributed by atoms with Gasteiger partial charge in [0.25, 0.3) is 0 Å². The largest absolute Gasteiger partial charge is 0.319 e. The van der Waals surface area contributed by atoms with E-state index in [2.05, 4.69) is 0 Å². The summed E-state index contributed by atoms with van der Waals surface area (Å²) in [6.07, 6.45) is 2.28. The molecule has 4 heteroatoms. The molecule has 1 aromatic carbocycles. The van der Waals surface area contributed by atoms with Gasteiger partial charge in [-0.2, -0.15) is 0 Å². The third kappa shape index (κ3) is 2.71. The van der Waals surface area contributed by atoms with Crippen LogP contribution in [0.15, 0.2) is 36.5 Å². The van der Waals surface area contributed by atoms with Gasteiger partial charge in [-0.25, -0.2) is 0 Å². The first kappa shape index (κ1) is 12.2. The lowest BCUT2D eigenvalue weighted by atomic mass is 10.2. The average molecular weight is 268 g/mol. The number of rotatable bonds is 3. The van der Waals surface area contributed by atoms with Gasteiger partial charge in [0.05, 0.1) is 10.7 Å². The number of Topliss-reactive ketones (excluding diaryl/α,β-unsaturated/α-hetero) is 1. The summed E-state index contributed by atoms with van der Waals surface area (Å²) in [4.78, 5) is 11.2. The van der Waals surface area contributed by atoms with Crippen molar-refractivity contribution in [1.29, 1.82) is 0 Å². The van der Waals surface area contributed by atoms with Crippen LogP contribution >= 0.6 is 23.2 Å². The Kier molecular flexibility index (Phi) is 3.55. The van der Waals surface area contributed by atoms with Gasteiger partial charge in [0.2, 0.25) is 0 Å². The van der Waals surface area contributed by atoms with Gasteiger partial charge in [-0.05, 0) is 37.3 Å². The van der Waals surface area contributed by atoms with E-state index < -0.39 is 0 Å². The third-order valence-corrected chi connectivity index (χ3v) is 2.97. The molecule has 0 fully saturated rings. The monoisotopic (exact) mass is 267 g/mol. The number of halogens is 2. The summed E-state index contributed by atoms with van der Waals surface area (Å²) in [6.45, 7) is 1.57. The zero-order chi connectivity index (χ0) is 12.4. The van der Waals surface area contributed by atoms with Crippen molar-refractivity contribution in [1.82, 2.24) is 4.57 Å². The van der Waals surface area contributed by atoms with E-state index in [1.807, 2.05) is 29.0 Å². The fourth-order valence-electron chi connectivity index (χ4n) is 1.73. The van der Waals surface area contributed by atoms with Crippen molar-refractivity contribution < 1.29 is 4.79 Å². The van der Waals surface area contributed by atoms with E-state index in [0.717, 1.165) is 11.4 Å². The van der Waals surface area contributed by atoms with Crippen LogP contribution in [0.4, 0.5) is 0 Å². The van der Waals surface area contributed by atoms with E-state index >= 15 is 0 Å². The predicted octanol–water partition coefficient (Wildman–Crippen LogP) is 3.92. The summed E-state index contributed by atoms with van der Waals surface area (Å²) >= 11 is 12.0. The van der Waals surface area contributed by atoms with Crippen LogP contribution in [0.1, 0.15) is 12.6 Å². The summed E-state index contributed by atoms with van der Waals surface area (Å²) in [6, 6.07) is 9.11. The first-order chi connectivity index (χ1) is 8.08. The highest BCUT2D eigenvalue weighted by atomic mass is 35.5. The number of hydrogen-bond donors (Lipinski definition) is 0. The molecule has 17 heavy (non-hydrogen) atoms. The van der Waals surface area contributed by atoms with E-state index in [-0.39, 0.29) is 5.78 Å². The number of aromatic nitrogens is 1. The quantitative estimate of drug-likeness (QED) is 0.827. The van der Waals surface area contributed by atoms with Crippen LogP contribution < -0.4 is 0 Å². The maximum absolute atomic E-state index is 11.2. The molecule has 2 rings (SSSR count). The standard InChI is InChI=1S/C13H11Cl2NO/c1-9(17)7-11-3-2-6-16(11)13-5-4-10(14)8-12(13)15/h2-6,8H,7H2,1H3. The highest BCUT2D eigenvalue weighted by Gasteiger charge is 2.08. The minimum Gasteiger partial charge on any atom is -0.319 e. The van der Waals surface area contributed by atoms with Crippen LogP contribution in [0.3, 0.4) is 0 Å². The van der Waals surface area contributed by atoms with E-state index in [9.17, 15) is 4.79 Å². The van der Waals surface area contributed by atoms with Gasteiger partial charge in [-0.1, -0.05) is 23.2 Å². The van der Waals surface area contributed by atoms with Crippen molar-refractivity contribution in [3.63, 3.8) is 0 Å². The molecule has 0 atom stereocenters. The molecule has 0 aliphatic rings. The van der Waals surface area contributed by atoms with Crippen molar-refractivity contribution in [3.05, 3.63) is 52.3 Å². The van der Waals surface area contributed by atoms with Crippen LogP contribution in [-0.4, -0.2) is 10.4 Å². The lowest BCUT2D eigenvalue weighted by molar-refractivity contribution is -0.116. The molecule has 1 heterocycles. The second kappa shape index (κ2) is 4.94. The van der Waals surface area contributed by atoms with Gasteiger partial charge >= 0.3 is 0 Å². The topological polar surface area (TPSA) is 22.0 Å². The number of hydrogen-bond acceptors (Lipinski definition) is 1.